The third-order valence-electron chi connectivity index (χ3n) is 2.47. The van der Waals surface area contributed by atoms with Gasteiger partial charge in [0, 0.05) is 4.88 Å². The van der Waals surface area contributed by atoms with Crippen LogP contribution in [0.5, 0.6) is 0 Å². The second kappa shape index (κ2) is 5.42. The van der Waals surface area contributed by atoms with Gasteiger partial charge >= 0.3 is 0 Å². The highest BCUT2D eigenvalue weighted by Crippen LogP contribution is 2.28. The zero-order chi connectivity index (χ0) is 14.0. The van der Waals surface area contributed by atoms with Crippen LogP contribution in [0, 0.1) is 6.92 Å². The van der Waals surface area contributed by atoms with Crippen LogP contribution in [0.3, 0.4) is 0 Å². The number of rotatable bonds is 3. The molecule has 2 aromatic rings. The summed E-state index contributed by atoms with van der Waals surface area (Å²) in [4.78, 5) is 24.2. The van der Waals surface area contributed by atoms with E-state index < -0.39 is 5.91 Å². The molecule has 0 saturated heterocycles. The van der Waals surface area contributed by atoms with Crippen LogP contribution in [0.2, 0.25) is 5.02 Å². The van der Waals surface area contributed by atoms with Gasteiger partial charge in [0.05, 0.1) is 16.1 Å². The highest BCUT2D eigenvalue weighted by atomic mass is 35.5. The SMILES string of the molecule is Cc1cc(C(N)=O)c(NC(=O)c2ccccc2Cl)s1. The monoisotopic (exact) mass is 294 g/mol. The molecular weight excluding hydrogens is 284 g/mol. The third kappa shape index (κ3) is 2.94. The molecule has 98 valence electrons. The number of amides is 2. The maximum absolute atomic E-state index is 12.1. The molecule has 0 aliphatic rings. The molecule has 2 rings (SSSR count). The summed E-state index contributed by atoms with van der Waals surface area (Å²) in [5.74, 6) is -0.936. The van der Waals surface area contributed by atoms with Crippen LogP contribution in [-0.2, 0) is 0 Å². The largest absolute Gasteiger partial charge is 0.366 e. The van der Waals surface area contributed by atoms with Gasteiger partial charge < -0.3 is 11.1 Å². The first-order chi connectivity index (χ1) is 8.99. The van der Waals surface area contributed by atoms with E-state index in [4.69, 9.17) is 17.3 Å². The second-order valence-electron chi connectivity index (χ2n) is 3.90. The predicted molar refractivity (Wildman–Crippen MR) is 77.0 cm³/mol. The van der Waals surface area contributed by atoms with Crippen molar-refractivity contribution in [3.8, 4) is 0 Å². The van der Waals surface area contributed by atoms with Gasteiger partial charge in [0.2, 0.25) is 0 Å². The number of carbonyl (C=O) groups excluding carboxylic acids is 2. The molecule has 1 heterocycles. The Balaban J connectivity index is 2.29. The summed E-state index contributed by atoms with van der Waals surface area (Å²) in [7, 11) is 0. The Hall–Kier alpha value is -1.85. The fourth-order valence-electron chi connectivity index (χ4n) is 1.61. The van der Waals surface area contributed by atoms with Crippen molar-refractivity contribution in [2.24, 2.45) is 5.73 Å². The van der Waals surface area contributed by atoms with E-state index in [0.717, 1.165) is 4.88 Å². The molecule has 0 fully saturated rings. The van der Waals surface area contributed by atoms with Crippen molar-refractivity contribution in [2.45, 2.75) is 6.92 Å². The number of benzene rings is 1. The van der Waals surface area contributed by atoms with Crippen LogP contribution in [0.1, 0.15) is 25.6 Å². The van der Waals surface area contributed by atoms with Crippen molar-refractivity contribution >= 4 is 39.8 Å². The standard InChI is InChI=1S/C13H11ClN2O2S/c1-7-6-9(11(15)17)13(19-7)16-12(18)8-4-2-3-5-10(8)14/h2-6H,1H3,(H2,15,17)(H,16,18). The summed E-state index contributed by atoms with van der Waals surface area (Å²) in [6.07, 6.45) is 0. The summed E-state index contributed by atoms with van der Waals surface area (Å²) in [6, 6.07) is 8.35. The fraction of sp³-hybridized carbons (Fsp3) is 0.0769. The number of hydrogen-bond donors (Lipinski definition) is 2. The van der Waals surface area contributed by atoms with Crippen molar-refractivity contribution in [1.82, 2.24) is 0 Å². The first-order valence-electron chi connectivity index (χ1n) is 5.45. The minimum atomic E-state index is -0.571. The molecule has 0 atom stereocenters. The van der Waals surface area contributed by atoms with Gasteiger partial charge in [0.1, 0.15) is 5.00 Å². The highest BCUT2D eigenvalue weighted by molar-refractivity contribution is 7.16. The first-order valence-corrected chi connectivity index (χ1v) is 6.64. The lowest BCUT2D eigenvalue weighted by atomic mass is 10.2. The van der Waals surface area contributed by atoms with Gasteiger partial charge in [-0.1, -0.05) is 23.7 Å². The van der Waals surface area contributed by atoms with Crippen molar-refractivity contribution < 1.29 is 9.59 Å². The first kappa shape index (κ1) is 13.6. The number of anilines is 1. The summed E-state index contributed by atoms with van der Waals surface area (Å²) < 4.78 is 0. The van der Waals surface area contributed by atoms with Gasteiger partial charge in [-0.25, -0.2) is 0 Å². The number of nitrogens with one attached hydrogen (secondary N) is 1. The van der Waals surface area contributed by atoms with Crippen LogP contribution < -0.4 is 11.1 Å². The van der Waals surface area contributed by atoms with E-state index in [2.05, 4.69) is 5.32 Å². The normalized spacial score (nSPS) is 10.2. The van der Waals surface area contributed by atoms with Gasteiger partial charge in [0.15, 0.2) is 0 Å². The van der Waals surface area contributed by atoms with Crippen LogP contribution in [0.25, 0.3) is 0 Å². The lowest BCUT2D eigenvalue weighted by molar-refractivity contribution is 0.100. The molecule has 6 heteroatoms. The minimum absolute atomic E-state index is 0.308. The van der Waals surface area contributed by atoms with Crippen molar-refractivity contribution in [2.75, 3.05) is 5.32 Å². The maximum atomic E-state index is 12.1. The number of aryl methyl sites for hydroxylation is 1. The molecule has 0 aliphatic carbocycles. The Morgan fingerprint density at radius 2 is 1.95 bits per heavy atom. The van der Waals surface area contributed by atoms with Gasteiger partial charge in [-0.05, 0) is 25.1 Å². The predicted octanol–water partition coefficient (Wildman–Crippen LogP) is 3.06. The number of thiophene rings is 1. The van der Waals surface area contributed by atoms with Crippen molar-refractivity contribution in [3.63, 3.8) is 0 Å². The lowest BCUT2D eigenvalue weighted by Gasteiger charge is -2.05. The zero-order valence-electron chi connectivity index (χ0n) is 10.1. The molecule has 0 spiro atoms. The molecule has 4 nitrogen and oxygen atoms in total. The Bertz CT molecular complexity index is 652. The van der Waals surface area contributed by atoms with Gasteiger partial charge in [-0.2, -0.15) is 0 Å². The molecule has 0 aliphatic heterocycles. The zero-order valence-corrected chi connectivity index (χ0v) is 11.6. The summed E-state index contributed by atoms with van der Waals surface area (Å²) in [6.45, 7) is 1.84. The van der Waals surface area contributed by atoms with Crippen molar-refractivity contribution in [3.05, 3.63) is 51.4 Å². The molecule has 1 aromatic carbocycles. The quantitative estimate of drug-likeness (QED) is 0.913. The Morgan fingerprint density at radius 3 is 2.58 bits per heavy atom. The van der Waals surface area contributed by atoms with E-state index in [-0.39, 0.29) is 5.91 Å². The van der Waals surface area contributed by atoms with Crippen LogP contribution >= 0.6 is 22.9 Å². The van der Waals surface area contributed by atoms with E-state index in [1.807, 2.05) is 6.92 Å². The van der Waals surface area contributed by atoms with Gasteiger partial charge in [-0.15, -0.1) is 11.3 Å². The smallest absolute Gasteiger partial charge is 0.257 e. The number of carbonyl (C=O) groups is 2. The maximum Gasteiger partial charge on any atom is 0.257 e. The fourth-order valence-corrected chi connectivity index (χ4v) is 2.74. The topological polar surface area (TPSA) is 72.2 Å². The number of halogens is 1. The number of hydrogen-bond acceptors (Lipinski definition) is 3. The molecular formula is C13H11ClN2O2S. The lowest BCUT2D eigenvalue weighted by Crippen LogP contribution is -2.16. The Labute approximate surface area is 119 Å². The Morgan fingerprint density at radius 1 is 1.26 bits per heavy atom. The summed E-state index contributed by atoms with van der Waals surface area (Å²) in [5, 5.41) is 3.46. The van der Waals surface area contributed by atoms with Crippen LogP contribution in [-0.4, -0.2) is 11.8 Å². The molecule has 2 amide bonds. The average Bonchev–Trinajstić information content (AvgIpc) is 2.70. The minimum Gasteiger partial charge on any atom is -0.366 e. The van der Waals surface area contributed by atoms with E-state index in [9.17, 15) is 9.59 Å². The molecule has 0 saturated carbocycles. The molecule has 3 N–H and O–H groups in total. The molecule has 19 heavy (non-hydrogen) atoms. The van der Waals surface area contributed by atoms with Crippen molar-refractivity contribution in [1.29, 1.82) is 0 Å². The molecule has 0 unspecified atom stereocenters. The second-order valence-corrected chi connectivity index (χ2v) is 5.56. The highest BCUT2D eigenvalue weighted by Gasteiger charge is 2.16. The van der Waals surface area contributed by atoms with Gasteiger partial charge in [-0.3, -0.25) is 9.59 Å². The molecule has 0 bridgehead atoms. The number of nitrogens with two attached hydrogens (primary N) is 1. The van der Waals surface area contributed by atoms with E-state index in [1.54, 1.807) is 30.3 Å². The van der Waals surface area contributed by atoms with E-state index in [0.29, 0.717) is 21.2 Å². The Kier molecular flexibility index (Phi) is 3.87. The molecule has 1 aromatic heterocycles. The van der Waals surface area contributed by atoms with Gasteiger partial charge in [0.25, 0.3) is 11.8 Å². The summed E-state index contributed by atoms with van der Waals surface area (Å²) in [5.41, 5.74) is 5.92. The van der Waals surface area contributed by atoms with E-state index >= 15 is 0 Å². The molecule has 0 radical (unpaired) electrons. The average molecular weight is 295 g/mol. The van der Waals surface area contributed by atoms with Crippen LogP contribution in [0.4, 0.5) is 5.00 Å². The third-order valence-corrected chi connectivity index (χ3v) is 3.76. The summed E-state index contributed by atoms with van der Waals surface area (Å²) >= 11 is 7.24. The van der Waals surface area contributed by atoms with E-state index in [1.165, 1.54) is 11.3 Å². The number of primary amides is 1. The van der Waals surface area contributed by atoms with Crippen LogP contribution in [0.15, 0.2) is 30.3 Å².